The molecule has 1 rings (SSSR count). The molecule has 98 valence electrons. The Hall–Kier alpha value is -0.850. The standard InChI is InChI=1S/C11H20N2O3S/c1-2-12-6-3-4-8-17(14,15)13-9-11-5-7-16-10-11/h5,7,10,12-13H,2-4,6,8-9H2,1H3. The summed E-state index contributed by atoms with van der Waals surface area (Å²) in [6.07, 6.45) is 4.61. The molecule has 1 aromatic heterocycles. The first-order valence-corrected chi connectivity index (χ1v) is 7.48. The lowest BCUT2D eigenvalue weighted by atomic mass is 10.3. The molecule has 0 saturated heterocycles. The zero-order chi connectivity index (χ0) is 12.6. The van der Waals surface area contributed by atoms with Gasteiger partial charge < -0.3 is 9.73 Å². The molecule has 0 aliphatic heterocycles. The van der Waals surface area contributed by atoms with E-state index in [1.807, 2.05) is 6.92 Å². The van der Waals surface area contributed by atoms with Crippen LogP contribution in [0.5, 0.6) is 0 Å². The van der Waals surface area contributed by atoms with Crippen LogP contribution in [0.25, 0.3) is 0 Å². The number of furan rings is 1. The summed E-state index contributed by atoms with van der Waals surface area (Å²) >= 11 is 0. The highest BCUT2D eigenvalue weighted by atomic mass is 32.2. The van der Waals surface area contributed by atoms with Crippen molar-refractivity contribution in [2.75, 3.05) is 18.8 Å². The van der Waals surface area contributed by atoms with Gasteiger partial charge in [0.15, 0.2) is 0 Å². The molecule has 6 heteroatoms. The Morgan fingerprint density at radius 1 is 1.35 bits per heavy atom. The fourth-order valence-electron chi connectivity index (χ4n) is 1.38. The van der Waals surface area contributed by atoms with Crippen molar-refractivity contribution in [3.05, 3.63) is 24.2 Å². The Balaban J connectivity index is 2.17. The lowest BCUT2D eigenvalue weighted by Gasteiger charge is -2.05. The van der Waals surface area contributed by atoms with Gasteiger partial charge in [-0.3, -0.25) is 0 Å². The average Bonchev–Trinajstić information content (AvgIpc) is 2.79. The van der Waals surface area contributed by atoms with Gasteiger partial charge in [-0.2, -0.15) is 0 Å². The molecule has 0 amide bonds. The number of hydrogen-bond donors (Lipinski definition) is 2. The number of rotatable bonds is 9. The summed E-state index contributed by atoms with van der Waals surface area (Å²) in [7, 11) is -3.16. The molecular weight excluding hydrogens is 240 g/mol. The van der Waals surface area contributed by atoms with Crippen molar-refractivity contribution in [1.29, 1.82) is 0 Å². The summed E-state index contributed by atoms with van der Waals surface area (Å²) in [5.41, 5.74) is 0.834. The van der Waals surface area contributed by atoms with Gasteiger partial charge in [0.25, 0.3) is 0 Å². The van der Waals surface area contributed by atoms with E-state index in [4.69, 9.17) is 4.42 Å². The molecule has 0 saturated carbocycles. The molecule has 0 bridgehead atoms. The van der Waals surface area contributed by atoms with Crippen LogP contribution in [0.2, 0.25) is 0 Å². The van der Waals surface area contributed by atoms with Gasteiger partial charge in [0.1, 0.15) is 0 Å². The zero-order valence-electron chi connectivity index (χ0n) is 10.1. The highest BCUT2D eigenvalue weighted by molar-refractivity contribution is 7.89. The normalized spacial score (nSPS) is 11.8. The van der Waals surface area contributed by atoms with E-state index in [-0.39, 0.29) is 5.75 Å². The molecule has 1 aromatic rings. The second-order valence-corrected chi connectivity index (χ2v) is 5.76. The van der Waals surface area contributed by atoms with Crippen molar-refractivity contribution in [3.63, 3.8) is 0 Å². The average molecular weight is 260 g/mol. The smallest absolute Gasteiger partial charge is 0.211 e. The maximum Gasteiger partial charge on any atom is 0.211 e. The van der Waals surface area contributed by atoms with Crippen LogP contribution in [0.15, 0.2) is 23.0 Å². The molecule has 0 fully saturated rings. The third-order valence-corrected chi connectivity index (χ3v) is 3.75. The van der Waals surface area contributed by atoms with Crippen LogP contribution < -0.4 is 10.0 Å². The molecule has 2 N–H and O–H groups in total. The minimum Gasteiger partial charge on any atom is -0.472 e. The number of nitrogens with one attached hydrogen (secondary N) is 2. The van der Waals surface area contributed by atoms with E-state index in [0.717, 1.165) is 25.1 Å². The van der Waals surface area contributed by atoms with E-state index in [9.17, 15) is 8.42 Å². The first-order chi connectivity index (χ1) is 8.14. The molecule has 0 aliphatic carbocycles. The van der Waals surface area contributed by atoms with Gasteiger partial charge in [0.2, 0.25) is 10.0 Å². The Labute approximate surface area is 103 Å². The first-order valence-electron chi connectivity index (χ1n) is 5.83. The van der Waals surface area contributed by atoms with E-state index in [2.05, 4.69) is 10.0 Å². The SMILES string of the molecule is CCNCCCCS(=O)(=O)NCc1ccoc1. The molecule has 17 heavy (non-hydrogen) atoms. The predicted molar refractivity (Wildman–Crippen MR) is 67.1 cm³/mol. The fourth-order valence-corrected chi connectivity index (χ4v) is 2.49. The quantitative estimate of drug-likeness (QED) is 0.652. The van der Waals surface area contributed by atoms with Crippen LogP contribution in [0.1, 0.15) is 25.3 Å². The molecule has 0 aromatic carbocycles. The summed E-state index contributed by atoms with van der Waals surface area (Å²) in [6.45, 7) is 4.12. The second-order valence-electron chi connectivity index (χ2n) is 3.83. The molecule has 0 atom stereocenters. The van der Waals surface area contributed by atoms with Gasteiger partial charge in [-0.1, -0.05) is 6.92 Å². The van der Waals surface area contributed by atoms with Crippen LogP contribution in [-0.4, -0.2) is 27.3 Å². The minimum absolute atomic E-state index is 0.177. The topological polar surface area (TPSA) is 71.3 Å². The third kappa shape index (κ3) is 6.45. The zero-order valence-corrected chi connectivity index (χ0v) is 10.9. The number of sulfonamides is 1. The summed E-state index contributed by atoms with van der Waals surface area (Å²) in [5, 5.41) is 3.16. The number of hydrogen-bond acceptors (Lipinski definition) is 4. The van der Waals surface area contributed by atoms with Gasteiger partial charge in [0.05, 0.1) is 18.3 Å². The van der Waals surface area contributed by atoms with Crippen molar-refractivity contribution in [2.45, 2.75) is 26.3 Å². The summed E-state index contributed by atoms with van der Waals surface area (Å²) in [5.74, 6) is 0.177. The number of unbranched alkanes of at least 4 members (excludes halogenated alkanes) is 1. The van der Waals surface area contributed by atoms with Crippen LogP contribution in [-0.2, 0) is 16.6 Å². The Bertz CT molecular complexity index is 387. The van der Waals surface area contributed by atoms with E-state index >= 15 is 0 Å². The van der Waals surface area contributed by atoms with Crippen molar-refractivity contribution < 1.29 is 12.8 Å². The van der Waals surface area contributed by atoms with Crippen LogP contribution in [0.3, 0.4) is 0 Å². The van der Waals surface area contributed by atoms with Gasteiger partial charge in [-0.15, -0.1) is 0 Å². The largest absolute Gasteiger partial charge is 0.472 e. The molecule has 5 nitrogen and oxygen atoms in total. The molecular formula is C11H20N2O3S. The highest BCUT2D eigenvalue weighted by Gasteiger charge is 2.09. The van der Waals surface area contributed by atoms with Crippen molar-refractivity contribution in [2.24, 2.45) is 0 Å². The molecule has 1 heterocycles. The monoisotopic (exact) mass is 260 g/mol. The first kappa shape index (κ1) is 14.2. The van der Waals surface area contributed by atoms with Gasteiger partial charge in [-0.25, -0.2) is 13.1 Å². The lowest BCUT2D eigenvalue weighted by Crippen LogP contribution is -2.26. The summed E-state index contributed by atoms with van der Waals surface area (Å²) in [6, 6.07) is 1.74. The maximum atomic E-state index is 11.6. The molecule has 0 spiro atoms. The van der Waals surface area contributed by atoms with Crippen molar-refractivity contribution >= 4 is 10.0 Å². The minimum atomic E-state index is -3.16. The van der Waals surface area contributed by atoms with E-state index < -0.39 is 10.0 Å². The summed E-state index contributed by atoms with van der Waals surface area (Å²) < 4.78 is 30.6. The van der Waals surface area contributed by atoms with Crippen LogP contribution in [0.4, 0.5) is 0 Å². The van der Waals surface area contributed by atoms with Crippen LogP contribution >= 0.6 is 0 Å². The fraction of sp³-hybridized carbons (Fsp3) is 0.636. The van der Waals surface area contributed by atoms with E-state index in [0.29, 0.717) is 13.0 Å². The van der Waals surface area contributed by atoms with E-state index in [1.54, 1.807) is 6.07 Å². The Kier molecular flexibility index (Phi) is 6.25. The van der Waals surface area contributed by atoms with Gasteiger partial charge in [-0.05, 0) is 32.0 Å². The van der Waals surface area contributed by atoms with Gasteiger partial charge >= 0.3 is 0 Å². The molecule has 0 unspecified atom stereocenters. The third-order valence-electron chi connectivity index (χ3n) is 2.34. The molecule has 0 radical (unpaired) electrons. The second kappa shape index (κ2) is 7.47. The lowest BCUT2D eigenvalue weighted by molar-refractivity contribution is 0.560. The van der Waals surface area contributed by atoms with E-state index in [1.165, 1.54) is 12.5 Å². The summed E-state index contributed by atoms with van der Waals surface area (Å²) in [4.78, 5) is 0. The van der Waals surface area contributed by atoms with Gasteiger partial charge in [0, 0.05) is 12.1 Å². The predicted octanol–water partition coefficient (Wildman–Crippen LogP) is 1.09. The highest BCUT2D eigenvalue weighted by Crippen LogP contribution is 2.01. The van der Waals surface area contributed by atoms with Crippen molar-refractivity contribution in [1.82, 2.24) is 10.0 Å². The molecule has 0 aliphatic rings. The van der Waals surface area contributed by atoms with Crippen molar-refractivity contribution in [3.8, 4) is 0 Å². The maximum absolute atomic E-state index is 11.6. The Morgan fingerprint density at radius 2 is 2.18 bits per heavy atom. The Morgan fingerprint density at radius 3 is 2.82 bits per heavy atom. The van der Waals surface area contributed by atoms with Crippen LogP contribution in [0, 0.1) is 0 Å².